The van der Waals surface area contributed by atoms with Gasteiger partial charge in [-0.15, -0.1) is 0 Å². The maximum atomic E-state index is 11.1. The summed E-state index contributed by atoms with van der Waals surface area (Å²) in [6.07, 6.45) is 4.66. The lowest BCUT2D eigenvalue weighted by Gasteiger charge is -2.04. The lowest BCUT2D eigenvalue weighted by atomic mass is 10.1. The second-order valence-corrected chi connectivity index (χ2v) is 3.51. The van der Waals surface area contributed by atoms with E-state index in [2.05, 4.69) is 16.6 Å². The van der Waals surface area contributed by atoms with E-state index in [1.807, 2.05) is 6.07 Å². The number of methoxy groups -OCH3 is 1. The van der Waals surface area contributed by atoms with E-state index in [-0.39, 0.29) is 12.4 Å². The smallest absolute Gasteiger partial charge is 0.310 e. The number of nitrogens with zero attached hydrogens (tertiary/aromatic N) is 1. The van der Waals surface area contributed by atoms with Crippen LogP contribution in [0.15, 0.2) is 18.5 Å². The van der Waals surface area contributed by atoms with Gasteiger partial charge in [-0.1, -0.05) is 6.92 Å². The first-order valence-corrected chi connectivity index (χ1v) is 5.33. The summed E-state index contributed by atoms with van der Waals surface area (Å²) in [7, 11) is 1.38. The van der Waals surface area contributed by atoms with Crippen molar-refractivity contribution in [1.29, 1.82) is 0 Å². The molecule has 0 unspecified atom stereocenters. The molecule has 0 saturated heterocycles. The van der Waals surface area contributed by atoms with Crippen molar-refractivity contribution in [2.75, 3.05) is 13.7 Å². The van der Waals surface area contributed by atoms with Crippen molar-refractivity contribution in [1.82, 2.24) is 4.98 Å². The summed E-state index contributed by atoms with van der Waals surface area (Å²) >= 11 is 0. The first-order valence-electron chi connectivity index (χ1n) is 5.33. The normalized spacial score (nSPS) is 10.1. The molecule has 0 aliphatic heterocycles. The molecule has 4 nitrogen and oxygen atoms in total. The summed E-state index contributed by atoms with van der Waals surface area (Å²) in [4.78, 5) is 15.1. The molecule has 0 bridgehead atoms. The van der Waals surface area contributed by atoms with Gasteiger partial charge in [-0.05, 0) is 23.6 Å². The number of hydrogen-bond donors (Lipinski definition) is 0. The van der Waals surface area contributed by atoms with Gasteiger partial charge in [0.1, 0.15) is 0 Å². The van der Waals surface area contributed by atoms with Crippen molar-refractivity contribution >= 4 is 5.97 Å². The fraction of sp³-hybridized carbons (Fsp3) is 0.500. The van der Waals surface area contributed by atoms with Gasteiger partial charge in [0.25, 0.3) is 0 Å². The zero-order valence-electron chi connectivity index (χ0n) is 9.73. The number of carbonyl (C=O) groups is 1. The highest BCUT2D eigenvalue weighted by molar-refractivity contribution is 5.72. The molecular weight excluding hydrogens is 206 g/mol. The minimum Gasteiger partial charge on any atom is -0.469 e. The number of carbonyl (C=O) groups excluding carboxylic acids is 1. The first-order chi connectivity index (χ1) is 7.76. The Hall–Kier alpha value is -1.42. The van der Waals surface area contributed by atoms with Gasteiger partial charge in [0, 0.05) is 19.0 Å². The van der Waals surface area contributed by atoms with Crippen molar-refractivity contribution in [3.8, 4) is 0 Å². The average molecular weight is 223 g/mol. The molecule has 0 amide bonds. The highest BCUT2D eigenvalue weighted by Gasteiger charge is 2.04. The van der Waals surface area contributed by atoms with Gasteiger partial charge >= 0.3 is 5.97 Å². The molecule has 1 rings (SSSR count). The van der Waals surface area contributed by atoms with E-state index in [0.717, 1.165) is 24.2 Å². The van der Waals surface area contributed by atoms with Crippen LogP contribution in [0.2, 0.25) is 0 Å². The molecule has 1 heterocycles. The van der Waals surface area contributed by atoms with Gasteiger partial charge in [-0.25, -0.2) is 0 Å². The summed E-state index contributed by atoms with van der Waals surface area (Å²) in [5.41, 5.74) is 1.83. The molecule has 16 heavy (non-hydrogen) atoms. The highest BCUT2D eigenvalue weighted by Crippen LogP contribution is 2.06. The van der Waals surface area contributed by atoms with Gasteiger partial charge in [-0.2, -0.15) is 0 Å². The van der Waals surface area contributed by atoms with Crippen LogP contribution in [0.4, 0.5) is 0 Å². The van der Waals surface area contributed by atoms with Crippen molar-refractivity contribution < 1.29 is 14.3 Å². The number of pyridine rings is 1. The van der Waals surface area contributed by atoms with Crippen LogP contribution >= 0.6 is 0 Å². The Morgan fingerprint density at radius 2 is 2.12 bits per heavy atom. The largest absolute Gasteiger partial charge is 0.469 e. The molecule has 1 aromatic rings. The molecule has 0 atom stereocenters. The number of rotatable bonds is 6. The van der Waals surface area contributed by atoms with Gasteiger partial charge in [0.05, 0.1) is 20.1 Å². The van der Waals surface area contributed by atoms with Crippen molar-refractivity contribution in [2.45, 2.75) is 26.4 Å². The fourth-order valence-corrected chi connectivity index (χ4v) is 1.29. The van der Waals surface area contributed by atoms with Gasteiger partial charge in [0.15, 0.2) is 0 Å². The standard InChI is InChI=1S/C12H17NO3/c1-3-4-16-9-11-5-10(7-13-8-11)6-12(14)15-2/h5,7-8H,3-4,6,9H2,1-2H3. The summed E-state index contributed by atoms with van der Waals surface area (Å²) in [5, 5.41) is 0. The lowest BCUT2D eigenvalue weighted by Crippen LogP contribution is -2.05. The maximum Gasteiger partial charge on any atom is 0.310 e. The van der Waals surface area contributed by atoms with Crippen LogP contribution < -0.4 is 0 Å². The molecule has 4 heteroatoms. The summed E-state index contributed by atoms with van der Waals surface area (Å²) < 4.78 is 9.99. The van der Waals surface area contributed by atoms with Crippen LogP contribution in [0.25, 0.3) is 0 Å². The molecule has 0 radical (unpaired) electrons. The Morgan fingerprint density at radius 3 is 2.81 bits per heavy atom. The topological polar surface area (TPSA) is 48.4 Å². The molecule has 0 N–H and O–H groups in total. The molecule has 0 spiro atoms. The fourth-order valence-electron chi connectivity index (χ4n) is 1.29. The number of ether oxygens (including phenoxy) is 2. The van der Waals surface area contributed by atoms with E-state index in [1.54, 1.807) is 12.4 Å². The molecule has 0 aliphatic carbocycles. The molecule has 0 aliphatic rings. The third-order valence-electron chi connectivity index (χ3n) is 2.04. The van der Waals surface area contributed by atoms with E-state index in [0.29, 0.717) is 6.61 Å². The zero-order valence-corrected chi connectivity index (χ0v) is 9.73. The summed E-state index contributed by atoms with van der Waals surface area (Å²) in [5.74, 6) is -0.256. The van der Waals surface area contributed by atoms with Crippen molar-refractivity contribution in [3.63, 3.8) is 0 Å². The van der Waals surface area contributed by atoms with E-state index < -0.39 is 0 Å². The molecule has 0 saturated carbocycles. The third kappa shape index (κ3) is 4.40. The molecule has 0 fully saturated rings. The quantitative estimate of drug-likeness (QED) is 0.544. The Morgan fingerprint density at radius 1 is 1.38 bits per heavy atom. The van der Waals surface area contributed by atoms with E-state index >= 15 is 0 Å². The predicted molar refractivity (Wildman–Crippen MR) is 59.9 cm³/mol. The van der Waals surface area contributed by atoms with Crippen LogP contribution in [0.3, 0.4) is 0 Å². The molecule has 0 aromatic carbocycles. The SMILES string of the molecule is CCCOCc1cncc(CC(=O)OC)c1. The first kappa shape index (κ1) is 12.6. The number of esters is 1. The predicted octanol–water partition coefficient (Wildman–Crippen LogP) is 1.72. The monoisotopic (exact) mass is 223 g/mol. The zero-order chi connectivity index (χ0) is 11.8. The Bertz CT molecular complexity index is 339. The second-order valence-electron chi connectivity index (χ2n) is 3.51. The van der Waals surface area contributed by atoms with Crippen LogP contribution in [-0.4, -0.2) is 24.7 Å². The molecular formula is C12H17NO3. The van der Waals surface area contributed by atoms with Crippen LogP contribution in [0, 0.1) is 0 Å². The van der Waals surface area contributed by atoms with Gasteiger partial charge in [0.2, 0.25) is 0 Å². The number of aromatic nitrogens is 1. The summed E-state index contributed by atoms with van der Waals surface area (Å²) in [6, 6.07) is 1.92. The molecule has 1 aromatic heterocycles. The summed E-state index contributed by atoms with van der Waals surface area (Å²) in [6.45, 7) is 3.34. The van der Waals surface area contributed by atoms with Crippen LogP contribution in [0.1, 0.15) is 24.5 Å². The minimum atomic E-state index is -0.256. The van der Waals surface area contributed by atoms with Crippen LogP contribution in [0.5, 0.6) is 0 Å². The van der Waals surface area contributed by atoms with Crippen molar-refractivity contribution in [2.24, 2.45) is 0 Å². The highest BCUT2D eigenvalue weighted by atomic mass is 16.5. The van der Waals surface area contributed by atoms with Gasteiger partial charge < -0.3 is 9.47 Å². The Balaban J connectivity index is 2.53. The van der Waals surface area contributed by atoms with Gasteiger partial charge in [-0.3, -0.25) is 9.78 Å². The Labute approximate surface area is 95.6 Å². The van der Waals surface area contributed by atoms with Crippen molar-refractivity contribution in [3.05, 3.63) is 29.6 Å². The lowest BCUT2D eigenvalue weighted by molar-refractivity contribution is -0.139. The maximum absolute atomic E-state index is 11.1. The average Bonchev–Trinajstić information content (AvgIpc) is 2.30. The van der Waals surface area contributed by atoms with E-state index in [1.165, 1.54) is 7.11 Å². The minimum absolute atomic E-state index is 0.255. The third-order valence-corrected chi connectivity index (χ3v) is 2.04. The molecule has 88 valence electrons. The van der Waals surface area contributed by atoms with E-state index in [9.17, 15) is 4.79 Å². The second kappa shape index (κ2) is 6.95. The van der Waals surface area contributed by atoms with E-state index in [4.69, 9.17) is 4.74 Å². The number of hydrogen-bond acceptors (Lipinski definition) is 4. The van der Waals surface area contributed by atoms with Crippen LogP contribution in [-0.2, 0) is 27.3 Å². The Kier molecular flexibility index (Phi) is 5.50.